The van der Waals surface area contributed by atoms with Gasteiger partial charge in [-0.3, -0.25) is 4.79 Å². The van der Waals surface area contributed by atoms with Crippen LogP contribution in [0.1, 0.15) is 5.56 Å². The van der Waals surface area contributed by atoms with Crippen molar-refractivity contribution in [2.24, 2.45) is 0 Å². The zero-order chi connectivity index (χ0) is 9.26. The first-order chi connectivity index (χ1) is 6.29. The molecule has 2 rings (SSSR count). The van der Waals surface area contributed by atoms with Gasteiger partial charge in [0, 0.05) is 5.56 Å². The van der Waals surface area contributed by atoms with Crippen LogP contribution in [0.15, 0.2) is 18.2 Å². The molecule has 0 fully saturated rings. The molecule has 4 nitrogen and oxygen atoms in total. The Labute approximate surface area is 75.4 Å². The monoisotopic (exact) mass is 179 g/mol. The Morgan fingerprint density at radius 1 is 1.54 bits per heavy atom. The number of fused-ring (bicyclic) bond motifs is 1. The van der Waals surface area contributed by atoms with E-state index in [1.54, 1.807) is 25.3 Å². The summed E-state index contributed by atoms with van der Waals surface area (Å²) >= 11 is 0. The highest BCUT2D eigenvalue weighted by atomic mass is 16.7. The van der Waals surface area contributed by atoms with Crippen LogP contribution in [-0.4, -0.2) is 13.0 Å². The van der Waals surface area contributed by atoms with E-state index in [4.69, 9.17) is 9.57 Å². The Kier molecular flexibility index (Phi) is 1.81. The molecule has 1 aliphatic rings. The molecule has 1 N–H and O–H groups in total. The van der Waals surface area contributed by atoms with Crippen molar-refractivity contribution in [3.05, 3.63) is 23.8 Å². The van der Waals surface area contributed by atoms with E-state index in [0.29, 0.717) is 12.2 Å². The predicted octanol–water partition coefficient (Wildman–Crippen LogP) is 0.661. The van der Waals surface area contributed by atoms with Gasteiger partial charge < -0.3 is 9.57 Å². The van der Waals surface area contributed by atoms with Crippen LogP contribution in [0.4, 0.5) is 0 Å². The summed E-state index contributed by atoms with van der Waals surface area (Å²) in [7, 11) is 1.59. The lowest BCUT2D eigenvalue weighted by atomic mass is 10.1. The van der Waals surface area contributed by atoms with Crippen molar-refractivity contribution in [3.63, 3.8) is 0 Å². The molecule has 68 valence electrons. The second-order valence-electron chi connectivity index (χ2n) is 2.78. The van der Waals surface area contributed by atoms with Crippen molar-refractivity contribution < 1.29 is 14.4 Å². The first-order valence-corrected chi connectivity index (χ1v) is 3.92. The van der Waals surface area contributed by atoms with Crippen molar-refractivity contribution in [1.29, 1.82) is 0 Å². The Balaban J connectivity index is 2.38. The lowest BCUT2D eigenvalue weighted by molar-refractivity contribution is -0.128. The Bertz CT molecular complexity index is 349. The van der Waals surface area contributed by atoms with Crippen LogP contribution in [0.2, 0.25) is 0 Å². The standard InChI is InChI=1S/C9H9NO3/c1-12-7-2-3-8-6(4-7)5-9(11)10-13-8/h2-4H,5H2,1H3,(H,10,11). The molecular formula is C9H9NO3. The minimum atomic E-state index is -0.138. The van der Waals surface area contributed by atoms with Gasteiger partial charge in [-0.05, 0) is 18.2 Å². The number of benzene rings is 1. The maximum atomic E-state index is 10.9. The topological polar surface area (TPSA) is 47.6 Å². The summed E-state index contributed by atoms with van der Waals surface area (Å²) in [6.45, 7) is 0. The summed E-state index contributed by atoms with van der Waals surface area (Å²) in [6.07, 6.45) is 0.340. The smallest absolute Gasteiger partial charge is 0.257 e. The van der Waals surface area contributed by atoms with Crippen molar-refractivity contribution in [1.82, 2.24) is 5.48 Å². The number of amides is 1. The molecule has 1 aliphatic heterocycles. The van der Waals surface area contributed by atoms with Gasteiger partial charge in [0.05, 0.1) is 13.5 Å². The maximum absolute atomic E-state index is 10.9. The number of hydrogen-bond acceptors (Lipinski definition) is 3. The molecule has 1 amide bonds. The fourth-order valence-corrected chi connectivity index (χ4v) is 1.24. The first kappa shape index (κ1) is 7.91. The number of rotatable bonds is 1. The van der Waals surface area contributed by atoms with Gasteiger partial charge >= 0.3 is 0 Å². The molecule has 0 radical (unpaired) electrons. The molecule has 0 saturated carbocycles. The summed E-state index contributed by atoms with van der Waals surface area (Å²) < 4.78 is 5.03. The van der Waals surface area contributed by atoms with Crippen molar-refractivity contribution >= 4 is 5.91 Å². The van der Waals surface area contributed by atoms with Gasteiger partial charge in [0.2, 0.25) is 0 Å². The van der Waals surface area contributed by atoms with Gasteiger partial charge in [-0.25, -0.2) is 0 Å². The third-order valence-corrected chi connectivity index (χ3v) is 1.89. The fourth-order valence-electron chi connectivity index (χ4n) is 1.24. The van der Waals surface area contributed by atoms with Crippen molar-refractivity contribution in [2.45, 2.75) is 6.42 Å². The van der Waals surface area contributed by atoms with Gasteiger partial charge in [0.15, 0.2) is 5.75 Å². The SMILES string of the molecule is COc1ccc2c(c1)CC(=O)NO2. The zero-order valence-electron chi connectivity index (χ0n) is 7.16. The zero-order valence-corrected chi connectivity index (χ0v) is 7.16. The minimum absolute atomic E-state index is 0.138. The average molecular weight is 179 g/mol. The fraction of sp³-hybridized carbons (Fsp3) is 0.222. The molecular weight excluding hydrogens is 170 g/mol. The van der Waals surface area contributed by atoms with E-state index in [-0.39, 0.29) is 5.91 Å². The maximum Gasteiger partial charge on any atom is 0.257 e. The van der Waals surface area contributed by atoms with Crippen LogP contribution in [0.25, 0.3) is 0 Å². The van der Waals surface area contributed by atoms with E-state index < -0.39 is 0 Å². The van der Waals surface area contributed by atoms with Gasteiger partial charge in [0.25, 0.3) is 5.91 Å². The molecule has 1 aromatic carbocycles. The highest BCUT2D eigenvalue weighted by Gasteiger charge is 2.16. The van der Waals surface area contributed by atoms with E-state index in [1.165, 1.54) is 0 Å². The number of carbonyl (C=O) groups is 1. The molecule has 1 aromatic rings. The van der Waals surface area contributed by atoms with Crippen molar-refractivity contribution in [3.8, 4) is 11.5 Å². The van der Waals surface area contributed by atoms with E-state index in [2.05, 4.69) is 5.48 Å². The summed E-state index contributed by atoms with van der Waals surface area (Å²) in [6, 6.07) is 5.36. The van der Waals surface area contributed by atoms with Gasteiger partial charge in [-0.1, -0.05) is 0 Å². The lowest BCUT2D eigenvalue weighted by Crippen LogP contribution is -2.33. The van der Waals surface area contributed by atoms with Gasteiger partial charge in [0.1, 0.15) is 5.75 Å². The third kappa shape index (κ3) is 1.42. The summed E-state index contributed by atoms with van der Waals surface area (Å²) in [5, 5.41) is 0. The second-order valence-corrected chi connectivity index (χ2v) is 2.78. The van der Waals surface area contributed by atoms with Crippen LogP contribution < -0.4 is 15.1 Å². The van der Waals surface area contributed by atoms with E-state index in [0.717, 1.165) is 11.3 Å². The molecule has 0 spiro atoms. The molecule has 13 heavy (non-hydrogen) atoms. The number of methoxy groups -OCH3 is 1. The van der Waals surface area contributed by atoms with Crippen LogP contribution in [0, 0.1) is 0 Å². The number of nitrogens with one attached hydrogen (secondary N) is 1. The average Bonchev–Trinajstić information content (AvgIpc) is 2.16. The molecule has 0 unspecified atom stereocenters. The Morgan fingerprint density at radius 3 is 3.15 bits per heavy atom. The van der Waals surface area contributed by atoms with Crippen LogP contribution in [0.5, 0.6) is 11.5 Å². The summed E-state index contributed by atoms with van der Waals surface area (Å²) in [5.41, 5.74) is 3.15. The molecule has 0 aliphatic carbocycles. The molecule has 0 saturated heterocycles. The van der Waals surface area contributed by atoms with E-state index in [9.17, 15) is 4.79 Å². The number of carbonyl (C=O) groups excluding carboxylic acids is 1. The molecule has 1 heterocycles. The predicted molar refractivity (Wildman–Crippen MR) is 45.5 cm³/mol. The first-order valence-electron chi connectivity index (χ1n) is 3.92. The van der Waals surface area contributed by atoms with Crippen LogP contribution >= 0.6 is 0 Å². The van der Waals surface area contributed by atoms with Gasteiger partial charge in [-0.2, -0.15) is 5.48 Å². The van der Waals surface area contributed by atoms with Crippen molar-refractivity contribution in [2.75, 3.05) is 7.11 Å². The molecule has 0 aromatic heterocycles. The quantitative estimate of drug-likeness (QED) is 0.689. The van der Waals surface area contributed by atoms with E-state index in [1.807, 2.05) is 0 Å². The van der Waals surface area contributed by atoms with Crippen LogP contribution in [0.3, 0.4) is 0 Å². The summed E-state index contributed by atoms with van der Waals surface area (Å²) in [5.74, 6) is 1.28. The molecule has 4 heteroatoms. The second kappa shape index (κ2) is 2.97. The lowest BCUT2D eigenvalue weighted by Gasteiger charge is -2.16. The number of ether oxygens (including phenoxy) is 1. The van der Waals surface area contributed by atoms with E-state index >= 15 is 0 Å². The Morgan fingerprint density at radius 2 is 2.38 bits per heavy atom. The molecule has 0 atom stereocenters. The molecule has 0 bridgehead atoms. The Hall–Kier alpha value is -1.71. The highest BCUT2D eigenvalue weighted by Crippen LogP contribution is 2.25. The number of hydroxylamine groups is 1. The summed E-state index contributed by atoms with van der Waals surface area (Å²) in [4.78, 5) is 15.9. The highest BCUT2D eigenvalue weighted by molar-refractivity contribution is 5.80. The normalized spacial score (nSPS) is 14.1. The van der Waals surface area contributed by atoms with Crippen LogP contribution in [-0.2, 0) is 11.2 Å². The largest absolute Gasteiger partial charge is 0.497 e. The number of hydrogen-bond donors (Lipinski definition) is 1. The van der Waals surface area contributed by atoms with Gasteiger partial charge in [-0.15, -0.1) is 0 Å². The third-order valence-electron chi connectivity index (χ3n) is 1.89. The minimum Gasteiger partial charge on any atom is -0.497 e.